The predicted octanol–water partition coefficient (Wildman–Crippen LogP) is 2.88. The molecule has 0 saturated carbocycles. The van der Waals surface area contributed by atoms with Crippen LogP contribution >= 0.6 is 15.9 Å². The molecule has 0 aromatic heterocycles. The minimum absolute atomic E-state index is 0.491. The van der Waals surface area contributed by atoms with Gasteiger partial charge in [-0.15, -0.1) is 0 Å². The normalized spacial score (nSPS) is 12.1. The quantitative estimate of drug-likeness (QED) is 0.708. The van der Waals surface area contributed by atoms with E-state index in [-0.39, 0.29) is 0 Å². The van der Waals surface area contributed by atoms with Crippen LogP contribution in [0.1, 0.15) is 18.1 Å². The van der Waals surface area contributed by atoms with Crippen molar-refractivity contribution in [1.29, 1.82) is 5.26 Å². The van der Waals surface area contributed by atoms with Crippen molar-refractivity contribution in [1.82, 2.24) is 0 Å². The van der Waals surface area contributed by atoms with Crippen LogP contribution in [0.3, 0.4) is 0 Å². The smallest absolute Gasteiger partial charge is 0.0991 e. The van der Waals surface area contributed by atoms with Crippen LogP contribution in [0.25, 0.3) is 0 Å². The molecule has 0 N–H and O–H groups in total. The molecular formula is C10H10BrN. The van der Waals surface area contributed by atoms with Gasteiger partial charge < -0.3 is 0 Å². The van der Waals surface area contributed by atoms with Gasteiger partial charge in [-0.05, 0) is 24.1 Å². The van der Waals surface area contributed by atoms with Gasteiger partial charge in [0.05, 0.1) is 11.6 Å². The monoisotopic (exact) mass is 223 g/mol. The van der Waals surface area contributed by atoms with Gasteiger partial charge in [0.2, 0.25) is 0 Å². The molecule has 62 valence electrons. The first-order valence-electron chi connectivity index (χ1n) is 3.85. The maximum absolute atomic E-state index is 8.55. The van der Waals surface area contributed by atoms with Crippen LogP contribution in [0, 0.1) is 11.3 Å². The molecule has 2 heteroatoms. The van der Waals surface area contributed by atoms with E-state index < -0.39 is 0 Å². The van der Waals surface area contributed by atoms with Crippen LogP contribution in [0.15, 0.2) is 24.3 Å². The summed E-state index contributed by atoms with van der Waals surface area (Å²) in [4.78, 5) is 0.491. The Hall–Kier alpha value is -0.810. The van der Waals surface area contributed by atoms with E-state index in [0.29, 0.717) is 4.83 Å². The number of halogens is 1. The van der Waals surface area contributed by atoms with Crippen molar-refractivity contribution in [2.24, 2.45) is 0 Å². The van der Waals surface area contributed by atoms with Crippen molar-refractivity contribution in [2.45, 2.75) is 18.2 Å². The highest BCUT2D eigenvalue weighted by Gasteiger charge is 1.98. The third kappa shape index (κ3) is 2.67. The molecule has 0 saturated heterocycles. The highest BCUT2D eigenvalue weighted by molar-refractivity contribution is 9.09. The van der Waals surface area contributed by atoms with E-state index in [1.54, 1.807) is 0 Å². The van der Waals surface area contributed by atoms with Crippen LogP contribution in [-0.4, -0.2) is 4.83 Å². The third-order valence-corrected chi connectivity index (χ3v) is 1.92. The first kappa shape index (κ1) is 9.28. The van der Waals surface area contributed by atoms with Crippen LogP contribution < -0.4 is 0 Å². The van der Waals surface area contributed by atoms with Crippen molar-refractivity contribution >= 4 is 15.9 Å². The largest absolute Gasteiger partial charge is 0.192 e. The maximum atomic E-state index is 8.55. The molecule has 0 radical (unpaired) electrons. The zero-order chi connectivity index (χ0) is 8.97. The fraction of sp³-hybridized carbons (Fsp3) is 0.300. The Morgan fingerprint density at radius 1 is 1.42 bits per heavy atom. The summed E-state index contributed by atoms with van der Waals surface area (Å²) in [7, 11) is 0. The zero-order valence-electron chi connectivity index (χ0n) is 6.92. The maximum Gasteiger partial charge on any atom is 0.0991 e. The van der Waals surface area contributed by atoms with Crippen molar-refractivity contribution in [3.05, 3.63) is 35.4 Å². The summed E-state index contributed by atoms with van der Waals surface area (Å²) in [5, 5.41) is 8.55. The minimum Gasteiger partial charge on any atom is -0.192 e. The molecule has 0 aliphatic carbocycles. The first-order valence-corrected chi connectivity index (χ1v) is 4.77. The molecule has 0 aliphatic rings. The summed E-state index contributed by atoms with van der Waals surface area (Å²) in [5.41, 5.74) is 1.99. The van der Waals surface area contributed by atoms with E-state index in [9.17, 15) is 0 Å². The van der Waals surface area contributed by atoms with Gasteiger partial charge in [-0.2, -0.15) is 5.26 Å². The molecule has 1 aromatic carbocycles. The number of nitrogens with zero attached hydrogens (tertiary/aromatic N) is 1. The summed E-state index contributed by atoms with van der Waals surface area (Å²) in [6.45, 7) is 2.11. The molecule has 1 atom stereocenters. The highest BCUT2D eigenvalue weighted by Crippen LogP contribution is 2.10. The zero-order valence-corrected chi connectivity index (χ0v) is 8.51. The summed E-state index contributed by atoms with van der Waals surface area (Å²) >= 11 is 3.48. The molecule has 12 heavy (non-hydrogen) atoms. The summed E-state index contributed by atoms with van der Waals surface area (Å²) in [6.07, 6.45) is 1.01. The SMILES string of the molecule is CC(Br)Cc1ccc(C#N)cc1. The van der Waals surface area contributed by atoms with E-state index in [1.165, 1.54) is 5.56 Å². The Labute approximate surface area is 81.2 Å². The predicted molar refractivity (Wildman–Crippen MR) is 53.3 cm³/mol. The number of nitriles is 1. The molecule has 1 nitrogen and oxygen atoms in total. The lowest BCUT2D eigenvalue weighted by molar-refractivity contribution is 0.959. The van der Waals surface area contributed by atoms with Crippen molar-refractivity contribution in [3.63, 3.8) is 0 Å². The second kappa shape index (κ2) is 4.27. The number of hydrogen-bond donors (Lipinski definition) is 0. The highest BCUT2D eigenvalue weighted by atomic mass is 79.9. The number of rotatable bonds is 2. The Bertz CT molecular complexity index is 282. The minimum atomic E-state index is 0.491. The lowest BCUT2D eigenvalue weighted by Gasteiger charge is -2.02. The average molecular weight is 224 g/mol. The van der Waals surface area contributed by atoms with E-state index in [1.807, 2.05) is 24.3 Å². The fourth-order valence-corrected chi connectivity index (χ4v) is 1.41. The third-order valence-electron chi connectivity index (χ3n) is 1.60. The molecule has 0 fully saturated rings. The fourth-order valence-electron chi connectivity index (χ4n) is 1.04. The van der Waals surface area contributed by atoms with E-state index in [2.05, 4.69) is 28.9 Å². The second-order valence-electron chi connectivity index (χ2n) is 2.79. The van der Waals surface area contributed by atoms with Crippen molar-refractivity contribution in [3.8, 4) is 6.07 Å². The standard InChI is InChI=1S/C10H10BrN/c1-8(11)6-9-2-4-10(7-12)5-3-9/h2-5,8H,6H2,1H3. The van der Waals surface area contributed by atoms with Crippen LogP contribution in [0.2, 0.25) is 0 Å². The topological polar surface area (TPSA) is 23.8 Å². The van der Waals surface area contributed by atoms with Crippen molar-refractivity contribution in [2.75, 3.05) is 0 Å². The van der Waals surface area contributed by atoms with Gasteiger partial charge in [-0.1, -0.05) is 35.0 Å². The number of benzene rings is 1. The molecule has 1 rings (SSSR count). The van der Waals surface area contributed by atoms with Gasteiger partial charge in [0, 0.05) is 4.83 Å². The number of alkyl halides is 1. The number of hydrogen-bond acceptors (Lipinski definition) is 1. The van der Waals surface area contributed by atoms with E-state index >= 15 is 0 Å². The molecule has 0 heterocycles. The molecule has 0 spiro atoms. The molecular weight excluding hydrogens is 214 g/mol. The van der Waals surface area contributed by atoms with Gasteiger partial charge in [0.1, 0.15) is 0 Å². The van der Waals surface area contributed by atoms with Crippen LogP contribution in [0.5, 0.6) is 0 Å². The Morgan fingerprint density at radius 3 is 2.42 bits per heavy atom. The van der Waals surface area contributed by atoms with Gasteiger partial charge >= 0.3 is 0 Å². The van der Waals surface area contributed by atoms with Gasteiger partial charge in [0.15, 0.2) is 0 Å². The first-order chi connectivity index (χ1) is 5.72. The summed E-state index contributed by atoms with van der Waals surface area (Å²) < 4.78 is 0. The summed E-state index contributed by atoms with van der Waals surface area (Å²) in [5.74, 6) is 0. The lowest BCUT2D eigenvalue weighted by Crippen LogP contribution is -1.95. The Morgan fingerprint density at radius 2 is 2.00 bits per heavy atom. The molecule has 1 aromatic rings. The summed E-state index contributed by atoms with van der Waals surface area (Å²) in [6, 6.07) is 9.79. The van der Waals surface area contributed by atoms with Crippen LogP contribution in [-0.2, 0) is 6.42 Å². The average Bonchev–Trinajstić information content (AvgIpc) is 2.05. The molecule has 0 amide bonds. The van der Waals surface area contributed by atoms with E-state index in [4.69, 9.17) is 5.26 Å². The van der Waals surface area contributed by atoms with Gasteiger partial charge in [-0.3, -0.25) is 0 Å². The van der Waals surface area contributed by atoms with E-state index in [0.717, 1.165) is 12.0 Å². The van der Waals surface area contributed by atoms with Gasteiger partial charge in [-0.25, -0.2) is 0 Å². The lowest BCUT2D eigenvalue weighted by atomic mass is 10.1. The Balaban J connectivity index is 2.73. The Kier molecular flexibility index (Phi) is 3.31. The second-order valence-corrected chi connectivity index (χ2v) is 4.36. The van der Waals surface area contributed by atoms with Crippen LogP contribution in [0.4, 0.5) is 0 Å². The molecule has 1 unspecified atom stereocenters. The van der Waals surface area contributed by atoms with Gasteiger partial charge in [0.25, 0.3) is 0 Å². The molecule has 0 aliphatic heterocycles. The molecule has 0 bridgehead atoms. The van der Waals surface area contributed by atoms with Crippen molar-refractivity contribution < 1.29 is 0 Å².